The lowest BCUT2D eigenvalue weighted by Gasteiger charge is -2.06. The van der Waals surface area contributed by atoms with Crippen LogP contribution in [0.2, 0.25) is 0 Å². The number of halogens is 1. The molecule has 1 heterocycles. The Morgan fingerprint density at radius 1 is 0.864 bits per heavy atom. The van der Waals surface area contributed by atoms with E-state index in [9.17, 15) is 9.18 Å². The van der Waals surface area contributed by atoms with Crippen LogP contribution in [0.5, 0.6) is 0 Å². The first-order valence-electron chi connectivity index (χ1n) is 6.94. The third-order valence-electron chi connectivity index (χ3n) is 3.76. The molecule has 0 spiro atoms. The zero-order valence-electron chi connectivity index (χ0n) is 11.5. The minimum Gasteiger partial charge on any atom is -0.456 e. The van der Waals surface area contributed by atoms with Gasteiger partial charge in [-0.15, -0.1) is 0 Å². The molecular weight excluding hydrogens is 279 g/mol. The zero-order chi connectivity index (χ0) is 15.1. The summed E-state index contributed by atoms with van der Waals surface area (Å²) >= 11 is 0. The van der Waals surface area contributed by atoms with Gasteiger partial charge in [-0.25, -0.2) is 4.39 Å². The molecule has 106 valence electrons. The van der Waals surface area contributed by atoms with Crippen LogP contribution < -0.4 is 5.43 Å². The summed E-state index contributed by atoms with van der Waals surface area (Å²) in [5.41, 5.74) is 0.579. The van der Waals surface area contributed by atoms with E-state index >= 15 is 0 Å². The SMILES string of the molecule is O=c1cc(-c2ccccc2F)oc2ccc3ccccc3c12. The van der Waals surface area contributed by atoms with Crippen molar-refractivity contribution in [3.63, 3.8) is 0 Å². The van der Waals surface area contributed by atoms with Crippen molar-refractivity contribution >= 4 is 21.7 Å². The summed E-state index contributed by atoms with van der Waals surface area (Å²) in [7, 11) is 0. The Morgan fingerprint density at radius 3 is 2.50 bits per heavy atom. The molecule has 0 unspecified atom stereocenters. The molecule has 4 aromatic rings. The molecule has 0 radical (unpaired) electrons. The normalized spacial score (nSPS) is 11.1. The minimum atomic E-state index is -0.411. The summed E-state index contributed by atoms with van der Waals surface area (Å²) in [4.78, 5) is 12.5. The first-order chi connectivity index (χ1) is 10.7. The van der Waals surface area contributed by atoms with Crippen molar-refractivity contribution in [1.29, 1.82) is 0 Å². The van der Waals surface area contributed by atoms with Crippen molar-refractivity contribution in [2.45, 2.75) is 0 Å². The Bertz CT molecular complexity index is 1060. The van der Waals surface area contributed by atoms with E-state index < -0.39 is 5.82 Å². The van der Waals surface area contributed by atoms with Crippen LogP contribution in [0.15, 0.2) is 75.9 Å². The number of fused-ring (bicyclic) bond motifs is 3. The highest BCUT2D eigenvalue weighted by Gasteiger charge is 2.12. The largest absolute Gasteiger partial charge is 0.456 e. The third-order valence-corrected chi connectivity index (χ3v) is 3.76. The highest BCUT2D eigenvalue weighted by molar-refractivity contribution is 6.05. The highest BCUT2D eigenvalue weighted by atomic mass is 19.1. The lowest BCUT2D eigenvalue weighted by molar-refractivity contribution is 0.594. The van der Waals surface area contributed by atoms with Gasteiger partial charge in [-0.05, 0) is 29.0 Å². The molecule has 0 amide bonds. The van der Waals surface area contributed by atoms with Gasteiger partial charge in [0.15, 0.2) is 5.43 Å². The fraction of sp³-hybridized carbons (Fsp3) is 0. The molecule has 4 rings (SSSR count). The van der Waals surface area contributed by atoms with Crippen LogP contribution in [-0.2, 0) is 0 Å². The Balaban J connectivity index is 2.08. The average Bonchev–Trinajstić information content (AvgIpc) is 2.54. The lowest BCUT2D eigenvalue weighted by Crippen LogP contribution is -2.01. The molecule has 0 fully saturated rings. The molecule has 2 nitrogen and oxygen atoms in total. The van der Waals surface area contributed by atoms with E-state index in [1.54, 1.807) is 24.3 Å². The quantitative estimate of drug-likeness (QED) is 0.473. The Labute approximate surface area is 125 Å². The smallest absolute Gasteiger partial charge is 0.193 e. The van der Waals surface area contributed by atoms with Gasteiger partial charge in [0.25, 0.3) is 0 Å². The fourth-order valence-electron chi connectivity index (χ4n) is 2.72. The third kappa shape index (κ3) is 1.91. The molecule has 3 heteroatoms. The maximum Gasteiger partial charge on any atom is 0.193 e. The van der Waals surface area contributed by atoms with Crippen molar-refractivity contribution < 1.29 is 8.81 Å². The average molecular weight is 290 g/mol. The van der Waals surface area contributed by atoms with Crippen molar-refractivity contribution in [2.24, 2.45) is 0 Å². The molecule has 0 aliphatic rings. The first kappa shape index (κ1) is 12.8. The van der Waals surface area contributed by atoms with Gasteiger partial charge in [-0.2, -0.15) is 0 Å². The number of hydrogen-bond acceptors (Lipinski definition) is 2. The van der Waals surface area contributed by atoms with Gasteiger partial charge < -0.3 is 4.42 Å². The Kier molecular flexibility index (Phi) is 2.79. The van der Waals surface area contributed by atoms with Crippen molar-refractivity contribution in [3.8, 4) is 11.3 Å². The molecule has 1 aromatic heterocycles. The van der Waals surface area contributed by atoms with E-state index in [4.69, 9.17) is 4.42 Å². The van der Waals surface area contributed by atoms with E-state index in [1.165, 1.54) is 12.1 Å². The summed E-state index contributed by atoms with van der Waals surface area (Å²) in [5.74, 6) is -0.170. The predicted octanol–water partition coefficient (Wildman–Crippen LogP) is 4.75. The second-order valence-electron chi connectivity index (χ2n) is 5.11. The van der Waals surface area contributed by atoms with Crippen LogP contribution in [0.1, 0.15) is 0 Å². The molecule has 3 aromatic carbocycles. The van der Waals surface area contributed by atoms with Crippen LogP contribution >= 0.6 is 0 Å². The topological polar surface area (TPSA) is 30.2 Å². The number of benzene rings is 3. The van der Waals surface area contributed by atoms with Gasteiger partial charge >= 0.3 is 0 Å². The monoisotopic (exact) mass is 290 g/mol. The molecule has 0 atom stereocenters. The van der Waals surface area contributed by atoms with Gasteiger partial charge in [0.2, 0.25) is 0 Å². The molecule has 0 aliphatic carbocycles. The molecule has 0 saturated carbocycles. The van der Waals surface area contributed by atoms with Crippen LogP contribution in [0, 0.1) is 5.82 Å². The van der Waals surface area contributed by atoms with E-state index in [0.29, 0.717) is 11.0 Å². The zero-order valence-corrected chi connectivity index (χ0v) is 11.5. The summed E-state index contributed by atoms with van der Waals surface area (Å²) in [6.07, 6.45) is 0. The summed E-state index contributed by atoms with van der Waals surface area (Å²) in [5, 5.41) is 2.34. The number of rotatable bonds is 1. The van der Waals surface area contributed by atoms with Crippen LogP contribution in [0.4, 0.5) is 4.39 Å². The molecule has 0 N–H and O–H groups in total. The maximum atomic E-state index is 13.9. The van der Waals surface area contributed by atoms with Crippen molar-refractivity contribution in [1.82, 2.24) is 0 Å². The molecule has 0 saturated heterocycles. The highest BCUT2D eigenvalue weighted by Crippen LogP contribution is 2.28. The van der Waals surface area contributed by atoms with Gasteiger partial charge in [0.05, 0.1) is 10.9 Å². The summed E-state index contributed by atoms with van der Waals surface area (Å²) in [6, 6.07) is 18.9. The lowest BCUT2D eigenvalue weighted by atomic mass is 10.0. The summed E-state index contributed by atoms with van der Waals surface area (Å²) < 4.78 is 19.7. The first-order valence-corrected chi connectivity index (χ1v) is 6.94. The molecular formula is C19H11FO2. The molecule has 22 heavy (non-hydrogen) atoms. The van der Waals surface area contributed by atoms with Gasteiger partial charge in [-0.1, -0.05) is 42.5 Å². The minimum absolute atomic E-state index is 0.170. The van der Waals surface area contributed by atoms with Gasteiger partial charge in [-0.3, -0.25) is 4.79 Å². The maximum absolute atomic E-state index is 13.9. The van der Waals surface area contributed by atoms with Crippen molar-refractivity contribution in [3.05, 3.63) is 82.8 Å². The van der Waals surface area contributed by atoms with E-state index in [0.717, 1.165) is 10.8 Å². The van der Waals surface area contributed by atoms with E-state index in [2.05, 4.69) is 0 Å². The van der Waals surface area contributed by atoms with Crippen LogP contribution in [-0.4, -0.2) is 0 Å². The second-order valence-corrected chi connectivity index (χ2v) is 5.11. The van der Waals surface area contributed by atoms with Crippen LogP contribution in [0.3, 0.4) is 0 Å². The Morgan fingerprint density at radius 2 is 1.64 bits per heavy atom. The van der Waals surface area contributed by atoms with Gasteiger partial charge in [0, 0.05) is 6.07 Å². The van der Waals surface area contributed by atoms with E-state index in [1.807, 2.05) is 30.3 Å². The molecule has 0 bridgehead atoms. The van der Waals surface area contributed by atoms with Gasteiger partial charge in [0.1, 0.15) is 17.2 Å². The van der Waals surface area contributed by atoms with Crippen LogP contribution in [0.25, 0.3) is 33.1 Å². The fourth-order valence-corrected chi connectivity index (χ4v) is 2.72. The summed E-state index contributed by atoms with van der Waals surface area (Å²) in [6.45, 7) is 0. The number of hydrogen-bond donors (Lipinski definition) is 0. The molecule has 0 aliphatic heterocycles. The van der Waals surface area contributed by atoms with Crippen molar-refractivity contribution in [2.75, 3.05) is 0 Å². The standard InChI is InChI=1S/C19H11FO2/c20-15-8-4-3-7-14(15)18-11-16(21)19-13-6-2-1-5-12(13)9-10-17(19)22-18/h1-11H. The van der Waals surface area contributed by atoms with E-state index in [-0.39, 0.29) is 16.8 Å². The predicted molar refractivity (Wildman–Crippen MR) is 85.4 cm³/mol. The second kappa shape index (κ2) is 4.81. The Hall–Kier alpha value is -2.94.